The summed E-state index contributed by atoms with van der Waals surface area (Å²) in [6.45, 7) is 2.88. The molecule has 1 aliphatic rings. The average Bonchev–Trinajstić information content (AvgIpc) is 2.73. The highest BCUT2D eigenvalue weighted by atomic mass is 32.2. The van der Waals surface area contributed by atoms with Gasteiger partial charge in [0.05, 0.1) is 11.4 Å². The van der Waals surface area contributed by atoms with E-state index in [1.54, 1.807) is 59.5 Å². The molecular formula is C20H23N3O4S. The van der Waals surface area contributed by atoms with E-state index in [4.69, 9.17) is 0 Å². The van der Waals surface area contributed by atoms with Crippen LogP contribution in [0.15, 0.2) is 59.5 Å². The van der Waals surface area contributed by atoms with E-state index >= 15 is 0 Å². The first kappa shape index (κ1) is 20.0. The maximum absolute atomic E-state index is 12.6. The lowest BCUT2D eigenvalue weighted by Crippen LogP contribution is -2.51. The minimum absolute atomic E-state index is 0.00838. The van der Waals surface area contributed by atoms with Gasteiger partial charge in [-0.05, 0) is 43.3 Å². The van der Waals surface area contributed by atoms with Crippen molar-refractivity contribution in [2.24, 2.45) is 0 Å². The third kappa shape index (κ3) is 4.58. The predicted octanol–water partition coefficient (Wildman–Crippen LogP) is 1.83. The lowest BCUT2D eigenvalue weighted by atomic mass is 10.1. The molecule has 3 rings (SSSR count). The van der Waals surface area contributed by atoms with Crippen LogP contribution in [-0.4, -0.2) is 62.0 Å². The summed E-state index contributed by atoms with van der Waals surface area (Å²) in [5, 5.41) is 3.04. The number of carbonyl (C=O) groups is 2. The molecule has 1 amide bonds. The Labute approximate surface area is 165 Å². The van der Waals surface area contributed by atoms with Crippen LogP contribution in [0.2, 0.25) is 0 Å². The highest BCUT2D eigenvalue weighted by Gasteiger charge is 2.29. The summed E-state index contributed by atoms with van der Waals surface area (Å²) in [5.41, 5.74) is 1.37. The van der Waals surface area contributed by atoms with Crippen LogP contribution in [0, 0.1) is 0 Å². The Morgan fingerprint density at radius 3 is 2.11 bits per heavy atom. The van der Waals surface area contributed by atoms with Crippen LogP contribution in [0.4, 0.5) is 5.69 Å². The Morgan fingerprint density at radius 2 is 1.54 bits per heavy atom. The zero-order valence-corrected chi connectivity index (χ0v) is 16.5. The standard InChI is InChI=1S/C20H23N3O4S/c1-16(24)17-7-9-18(10-8-17)21-15-20(25)22-11-13-23(14-12-22)28(26,27)19-5-3-2-4-6-19/h2-10,21H,11-15H2,1H3. The first-order valence-corrected chi connectivity index (χ1v) is 10.5. The van der Waals surface area contributed by atoms with Crippen molar-refractivity contribution in [3.63, 3.8) is 0 Å². The van der Waals surface area contributed by atoms with Crippen molar-refractivity contribution in [2.45, 2.75) is 11.8 Å². The lowest BCUT2D eigenvalue weighted by molar-refractivity contribution is -0.130. The fraction of sp³-hybridized carbons (Fsp3) is 0.300. The van der Waals surface area contributed by atoms with Crippen LogP contribution in [0.3, 0.4) is 0 Å². The van der Waals surface area contributed by atoms with Crippen LogP contribution in [0.5, 0.6) is 0 Å². The predicted molar refractivity (Wildman–Crippen MR) is 107 cm³/mol. The zero-order chi connectivity index (χ0) is 20.1. The first-order valence-electron chi connectivity index (χ1n) is 9.06. The molecule has 28 heavy (non-hydrogen) atoms. The molecule has 0 aliphatic carbocycles. The number of rotatable bonds is 6. The molecule has 2 aromatic rings. The highest BCUT2D eigenvalue weighted by molar-refractivity contribution is 7.89. The van der Waals surface area contributed by atoms with E-state index in [2.05, 4.69) is 5.32 Å². The number of hydrogen-bond acceptors (Lipinski definition) is 5. The third-order valence-electron chi connectivity index (χ3n) is 4.71. The number of Topliss-reactive ketones (excluding diaryl/α,β-unsaturated/α-hetero) is 1. The molecular weight excluding hydrogens is 378 g/mol. The summed E-state index contributed by atoms with van der Waals surface area (Å²) in [4.78, 5) is 25.6. The number of nitrogens with one attached hydrogen (secondary N) is 1. The maximum atomic E-state index is 12.6. The molecule has 0 radical (unpaired) electrons. The summed E-state index contributed by atoms with van der Waals surface area (Å²) in [7, 11) is -3.53. The van der Waals surface area contributed by atoms with Gasteiger partial charge in [-0.3, -0.25) is 9.59 Å². The molecule has 0 atom stereocenters. The Bertz CT molecular complexity index is 935. The number of amides is 1. The van der Waals surface area contributed by atoms with Gasteiger partial charge < -0.3 is 10.2 Å². The Morgan fingerprint density at radius 1 is 0.929 bits per heavy atom. The molecule has 2 aromatic carbocycles. The summed E-state index contributed by atoms with van der Waals surface area (Å²) in [6.07, 6.45) is 0. The monoisotopic (exact) mass is 401 g/mol. The van der Waals surface area contributed by atoms with Gasteiger partial charge in [-0.2, -0.15) is 4.31 Å². The first-order chi connectivity index (χ1) is 13.4. The van der Waals surface area contributed by atoms with Crippen molar-refractivity contribution in [2.75, 3.05) is 38.0 Å². The minimum Gasteiger partial charge on any atom is -0.376 e. The minimum atomic E-state index is -3.53. The largest absolute Gasteiger partial charge is 0.376 e. The summed E-state index contributed by atoms with van der Waals surface area (Å²) in [6, 6.07) is 15.3. The van der Waals surface area contributed by atoms with Gasteiger partial charge in [0.25, 0.3) is 0 Å². The lowest BCUT2D eigenvalue weighted by Gasteiger charge is -2.34. The molecule has 8 heteroatoms. The number of carbonyl (C=O) groups excluding carboxylic acids is 2. The summed E-state index contributed by atoms with van der Waals surface area (Å²) < 4.78 is 26.7. The molecule has 1 aliphatic heterocycles. The van der Waals surface area contributed by atoms with Gasteiger partial charge >= 0.3 is 0 Å². The van der Waals surface area contributed by atoms with E-state index in [1.807, 2.05) is 0 Å². The third-order valence-corrected chi connectivity index (χ3v) is 6.62. The van der Waals surface area contributed by atoms with E-state index in [1.165, 1.54) is 11.2 Å². The molecule has 0 unspecified atom stereocenters. The molecule has 148 valence electrons. The zero-order valence-electron chi connectivity index (χ0n) is 15.7. The highest BCUT2D eigenvalue weighted by Crippen LogP contribution is 2.17. The molecule has 0 saturated carbocycles. The fourth-order valence-electron chi connectivity index (χ4n) is 3.03. The second kappa shape index (κ2) is 8.53. The van der Waals surface area contributed by atoms with E-state index < -0.39 is 10.0 Å². The number of benzene rings is 2. The van der Waals surface area contributed by atoms with Crippen LogP contribution in [0.25, 0.3) is 0 Å². The maximum Gasteiger partial charge on any atom is 0.243 e. The molecule has 0 aromatic heterocycles. The Kier molecular flexibility index (Phi) is 6.11. The van der Waals surface area contributed by atoms with E-state index in [9.17, 15) is 18.0 Å². The van der Waals surface area contributed by atoms with E-state index in [0.29, 0.717) is 18.7 Å². The molecule has 0 spiro atoms. The van der Waals surface area contributed by atoms with E-state index in [0.717, 1.165) is 5.69 Å². The van der Waals surface area contributed by atoms with Crippen LogP contribution >= 0.6 is 0 Å². The van der Waals surface area contributed by atoms with Crippen LogP contribution in [-0.2, 0) is 14.8 Å². The van der Waals surface area contributed by atoms with Crippen LogP contribution < -0.4 is 5.32 Å². The summed E-state index contributed by atoms with van der Waals surface area (Å²) >= 11 is 0. The Balaban J connectivity index is 1.52. The number of ketones is 1. The second-order valence-corrected chi connectivity index (χ2v) is 8.52. The quantitative estimate of drug-likeness (QED) is 0.747. The molecule has 1 N–H and O–H groups in total. The van der Waals surface area contributed by atoms with E-state index in [-0.39, 0.29) is 36.2 Å². The van der Waals surface area contributed by atoms with Crippen molar-refractivity contribution < 1.29 is 18.0 Å². The average molecular weight is 401 g/mol. The van der Waals surface area contributed by atoms with Gasteiger partial charge in [-0.25, -0.2) is 8.42 Å². The fourth-order valence-corrected chi connectivity index (χ4v) is 4.47. The molecule has 1 heterocycles. The van der Waals surface area contributed by atoms with Gasteiger partial charge in [-0.1, -0.05) is 18.2 Å². The Hall–Kier alpha value is -2.71. The van der Waals surface area contributed by atoms with Gasteiger partial charge in [0, 0.05) is 37.4 Å². The van der Waals surface area contributed by atoms with Gasteiger partial charge in [0.1, 0.15) is 0 Å². The van der Waals surface area contributed by atoms with Crippen molar-refractivity contribution >= 4 is 27.4 Å². The van der Waals surface area contributed by atoms with Crippen LogP contribution in [0.1, 0.15) is 17.3 Å². The normalized spacial score (nSPS) is 15.2. The SMILES string of the molecule is CC(=O)c1ccc(NCC(=O)N2CCN(S(=O)(=O)c3ccccc3)CC2)cc1. The topological polar surface area (TPSA) is 86.8 Å². The number of anilines is 1. The van der Waals surface area contributed by atoms with Crippen molar-refractivity contribution in [1.29, 1.82) is 0 Å². The number of nitrogens with zero attached hydrogens (tertiary/aromatic N) is 2. The van der Waals surface area contributed by atoms with Gasteiger partial charge in [0.2, 0.25) is 15.9 Å². The number of piperazine rings is 1. The molecule has 1 saturated heterocycles. The number of hydrogen-bond donors (Lipinski definition) is 1. The smallest absolute Gasteiger partial charge is 0.243 e. The summed E-state index contributed by atoms with van der Waals surface area (Å²) in [5.74, 6) is -0.0987. The van der Waals surface area contributed by atoms with Crippen molar-refractivity contribution in [1.82, 2.24) is 9.21 Å². The molecule has 0 bridgehead atoms. The molecule has 7 nitrogen and oxygen atoms in total. The van der Waals surface area contributed by atoms with Crippen molar-refractivity contribution in [3.8, 4) is 0 Å². The number of sulfonamides is 1. The van der Waals surface area contributed by atoms with Gasteiger partial charge in [-0.15, -0.1) is 0 Å². The van der Waals surface area contributed by atoms with Crippen molar-refractivity contribution in [3.05, 3.63) is 60.2 Å². The second-order valence-electron chi connectivity index (χ2n) is 6.59. The molecule has 1 fully saturated rings. The van der Waals surface area contributed by atoms with Gasteiger partial charge in [0.15, 0.2) is 5.78 Å².